The normalized spacial score (nSPS) is 27.7. The Labute approximate surface area is 139 Å². The van der Waals surface area contributed by atoms with Crippen LogP contribution in [0, 0.1) is 0 Å². The van der Waals surface area contributed by atoms with Crippen molar-refractivity contribution in [3.63, 3.8) is 0 Å². The van der Waals surface area contributed by atoms with E-state index in [4.69, 9.17) is 4.74 Å². The van der Waals surface area contributed by atoms with E-state index in [0.717, 1.165) is 37.0 Å². The monoisotopic (exact) mass is 335 g/mol. The van der Waals surface area contributed by atoms with Gasteiger partial charge >= 0.3 is 6.09 Å². The number of rotatable bonds is 3. The lowest BCUT2D eigenvalue weighted by molar-refractivity contribution is -0.129. The van der Waals surface area contributed by atoms with E-state index >= 15 is 0 Å². The quantitative estimate of drug-likeness (QED) is 0.851. The van der Waals surface area contributed by atoms with Gasteiger partial charge in [0.1, 0.15) is 6.10 Å². The second-order valence-corrected chi connectivity index (χ2v) is 7.57. The third-order valence-corrected chi connectivity index (χ3v) is 5.99. The summed E-state index contributed by atoms with van der Waals surface area (Å²) < 4.78 is 5.63. The van der Waals surface area contributed by atoms with Crippen LogP contribution in [0.5, 0.6) is 0 Å². The lowest BCUT2D eigenvalue weighted by Crippen LogP contribution is -2.40. The second kappa shape index (κ2) is 6.11. The maximum Gasteiger partial charge on any atom is 0.410 e. The number of hydrogen-bond donors (Lipinski definition) is 0. The van der Waals surface area contributed by atoms with Gasteiger partial charge in [-0.25, -0.2) is 4.79 Å². The van der Waals surface area contributed by atoms with Crippen LogP contribution in [0.15, 0.2) is 11.7 Å². The van der Waals surface area contributed by atoms with Crippen molar-refractivity contribution in [2.45, 2.75) is 63.3 Å². The van der Waals surface area contributed by atoms with E-state index in [-0.39, 0.29) is 30.2 Å². The molecule has 124 valence electrons. The van der Waals surface area contributed by atoms with E-state index < -0.39 is 0 Å². The molecule has 0 aromatic carbocycles. The average molecular weight is 335 g/mol. The first-order chi connectivity index (χ1) is 11.2. The van der Waals surface area contributed by atoms with E-state index in [1.165, 1.54) is 0 Å². The molecule has 3 fully saturated rings. The van der Waals surface area contributed by atoms with Gasteiger partial charge in [-0.3, -0.25) is 9.78 Å². The first-order valence-electron chi connectivity index (χ1n) is 8.36. The number of carbonyl (C=O) groups excluding carboxylic acids is 2. The maximum absolute atomic E-state index is 12.4. The van der Waals surface area contributed by atoms with Gasteiger partial charge in [-0.15, -0.1) is 11.3 Å². The Morgan fingerprint density at radius 3 is 2.87 bits per heavy atom. The molecule has 2 atom stereocenters. The maximum atomic E-state index is 12.4. The molecule has 3 heterocycles. The molecule has 2 aliphatic heterocycles. The smallest absolute Gasteiger partial charge is 0.410 e. The molecule has 1 aliphatic carbocycles. The number of carbonyl (C=O) groups is 2. The Kier molecular flexibility index (Phi) is 3.97. The van der Waals surface area contributed by atoms with Crippen LogP contribution in [0.25, 0.3) is 0 Å². The molecule has 1 saturated carbocycles. The summed E-state index contributed by atoms with van der Waals surface area (Å²) in [7, 11) is 0. The Balaban J connectivity index is 1.41. The lowest BCUT2D eigenvalue weighted by Gasteiger charge is -2.25. The summed E-state index contributed by atoms with van der Waals surface area (Å²) >= 11 is 1.56. The zero-order chi connectivity index (χ0) is 15.8. The van der Waals surface area contributed by atoms with Crippen molar-refractivity contribution in [1.82, 2.24) is 14.8 Å². The number of hydrogen-bond acceptors (Lipinski definition) is 5. The van der Waals surface area contributed by atoms with Crippen LogP contribution in [0.4, 0.5) is 4.79 Å². The van der Waals surface area contributed by atoms with Gasteiger partial charge in [-0.1, -0.05) is 0 Å². The molecule has 0 spiro atoms. The number of ether oxygens (including phenoxy) is 1. The molecule has 6 nitrogen and oxygen atoms in total. The minimum absolute atomic E-state index is 0.0238. The highest BCUT2D eigenvalue weighted by atomic mass is 32.1. The molecule has 23 heavy (non-hydrogen) atoms. The standard InChI is InChI=1S/C16H21N3O3S/c20-15-7-14-13(19(15)9-12-8-17-10-23-12)5-6-18(14)16(21)22-11-3-1-2-4-11/h8,10-11,13-14H,1-7,9H2/t13-,14-/m0/s1. The number of fused-ring (bicyclic) bond motifs is 1. The third kappa shape index (κ3) is 2.82. The fourth-order valence-electron chi connectivity index (χ4n) is 4.06. The fraction of sp³-hybridized carbons (Fsp3) is 0.688. The molecule has 0 unspecified atom stereocenters. The molecule has 0 N–H and O–H groups in total. The lowest BCUT2D eigenvalue weighted by atomic mass is 10.1. The zero-order valence-corrected chi connectivity index (χ0v) is 13.8. The average Bonchev–Trinajstić information content (AvgIpc) is 3.28. The zero-order valence-electron chi connectivity index (χ0n) is 13.0. The van der Waals surface area contributed by atoms with Crippen molar-refractivity contribution < 1.29 is 14.3 Å². The van der Waals surface area contributed by atoms with Crippen LogP contribution in [0.1, 0.15) is 43.4 Å². The van der Waals surface area contributed by atoms with E-state index in [0.29, 0.717) is 19.5 Å². The number of likely N-dealkylation sites (tertiary alicyclic amines) is 2. The Hall–Kier alpha value is -1.63. The van der Waals surface area contributed by atoms with Crippen molar-refractivity contribution in [2.75, 3.05) is 6.54 Å². The Morgan fingerprint density at radius 2 is 2.13 bits per heavy atom. The van der Waals surface area contributed by atoms with Crippen LogP contribution in [0.3, 0.4) is 0 Å². The van der Waals surface area contributed by atoms with Gasteiger partial charge in [0.2, 0.25) is 5.91 Å². The van der Waals surface area contributed by atoms with Crippen LogP contribution in [-0.4, -0.2) is 51.5 Å². The van der Waals surface area contributed by atoms with Gasteiger partial charge in [0.05, 0.1) is 24.1 Å². The summed E-state index contributed by atoms with van der Waals surface area (Å²) in [4.78, 5) is 33.7. The topological polar surface area (TPSA) is 62.7 Å². The van der Waals surface area contributed by atoms with E-state index in [1.54, 1.807) is 21.7 Å². The van der Waals surface area contributed by atoms with Crippen LogP contribution < -0.4 is 0 Å². The Bertz CT molecular complexity index is 585. The molecule has 7 heteroatoms. The van der Waals surface area contributed by atoms with Crippen molar-refractivity contribution in [1.29, 1.82) is 0 Å². The van der Waals surface area contributed by atoms with Gasteiger partial charge in [-0.05, 0) is 32.1 Å². The molecule has 1 aromatic heterocycles. The second-order valence-electron chi connectivity index (χ2n) is 6.60. The highest BCUT2D eigenvalue weighted by Gasteiger charge is 2.49. The molecule has 2 amide bonds. The van der Waals surface area contributed by atoms with Gasteiger partial charge in [-0.2, -0.15) is 0 Å². The van der Waals surface area contributed by atoms with Crippen molar-refractivity contribution in [3.8, 4) is 0 Å². The SMILES string of the molecule is O=C1C[C@H]2[C@H](CCN2C(=O)OC2CCCC2)N1Cc1cncs1. The molecular weight excluding hydrogens is 314 g/mol. The Morgan fingerprint density at radius 1 is 1.30 bits per heavy atom. The molecule has 4 rings (SSSR count). The van der Waals surface area contributed by atoms with Gasteiger partial charge in [0.15, 0.2) is 0 Å². The first-order valence-corrected chi connectivity index (χ1v) is 9.24. The molecular formula is C16H21N3O3S. The van der Waals surface area contributed by atoms with Crippen LogP contribution in [-0.2, 0) is 16.1 Å². The van der Waals surface area contributed by atoms with Crippen LogP contribution in [0.2, 0.25) is 0 Å². The minimum atomic E-state index is -0.225. The molecule has 0 radical (unpaired) electrons. The van der Waals surface area contributed by atoms with Crippen molar-refractivity contribution in [2.24, 2.45) is 0 Å². The van der Waals surface area contributed by atoms with E-state index in [2.05, 4.69) is 4.98 Å². The molecule has 0 bridgehead atoms. The summed E-state index contributed by atoms with van der Waals surface area (Å²) in [5.74, 6) is 0.131. The number of amides is 2. The van der Waals surface area contributed by atoms with E-state index in [9.17, 15) is 9.59 Å². The van der Waals surface area contributed by atoms with E-state index in [1.807, 2.05) is 11.1 Å². The highest BCUT2D eigenvalue weighted by Crippen LogP contribution is 2.35. The number of nitrogens with zero attached hydrogens (tertiary/aromatic N) is 3. The summed E-state index contributed by atoms with van der Waals surface area (Å²) in [5.41, 5.74) is 1.79. The van der Waals surface area contributed by atoms with Gasteiger partial charge < -0.3 is 14.5 Å². The van der Waals surface area contributed by atoms with Gasteiger partial charge in [0, 0.05) is 24.0 Å². The van der Waals surface area contributed by atoms with Crippen molar-refractivity contribution in [3.05, 3.63) is 16.6 Å². The fourth-order valence-corrected chi connectivity index (χ4v) is 4.66. The predicted molar refractivity (Wildman–Crippen MR) is 84.9 cm³/mol. The minimum Gasteiger partial charge on any atom is -0.446 e. The van der Waals surface area contributed by atoms with Gasteiger partial charge in [0.25, 0.3) is 0 Å². The first kappa shape index (κ1) is 14.9. The largest absolute Gasteiger partial charge is 0.446 e. The summed E-state index contributed by atoms with van der Waals surface area (Å²) in [6, 6.07) is 0.102. The molecule has 3 aliphatic rings. The summed E-state index contributed by atoms with van der Waals surface area (Å²) in [6.45, 7) is 1.30. The van der Waals surface area contributed by atoms with Crippen molar-refractivity contribution >= 4 is 23.3 Å². The molecule has 2 saturated heterocycles. The van der Waals surface area contributed by atoms with Crippen LogP contribution >= 0.6 is 11.3 Å². The number of thiazole rings is 1. The third-order valence-electron chi connectivity index (χ3n) is 5.23. The summed E-state index contributed by atoms with van der Waals surface area (Å²) in [6.07, 6.45) is 7.17. The highest BCUT2D eigenvalue weighted by molar-refractivity contribution is 7.09. The predicted octanol–water partition coefficient (Wildman–Crippen LogP) is 2.40. The summed E-state index contributed by atoms with van der Waals surface area (Å²) in [5, 5.41) is 0. The number of aromatic nitrogens is 1. The molecule has 1 aromatic rings.